The van der Waals surface area contributed by atoms with Crippen LogP contribution in [0.1, 0.15) is 34.1 Å². The molecular formula is C15H27N3O7S. The van der Waals surface area contributed by atoms with Gasteiger partial charge in [0.1, 0.15) is 6.04 Å². The average Bonchev–Trinajstić information content (AvgIpc) is 2.49. The summed E-state index contributed by atoms with van der Waals surface area (Å²) in [6.07, 6.45) is -0.589. The van der Waals surface area contributed by atoms with Crippen LogP contribution in [0.15, 0.2) is 0 Å². The highest BCUT2D eigenvalue weighted by molar-refractivity contribution is 7.95. The molecule has 26 heavy (non-hydrogen) atoms. The van der Waals surface area contributed by atoms with Gasteiger partial charge in [-0.05, 0) is 27.7 Å². The number of carboxylic acids is 1. The van der Waals surface area contributed by atoms with Gasteiger partial charge in [0, 0.05) is 7.11 Å². The number of aliphatic carboxylic acids is 1. The zero-order chi connectivity index (χ0) is 20.5. The molecule has 0 aromatic carbocycles. The van der Waals surface area contributed by atoms with Gasteiger partial charge in [0.15, 0.2) is 9.84 Å². The lowest BCUT2D eigenvalue weighted by atomic mass is 9.89. The fourth-order valence-electron chi connectivity index (χ4n) is 3.27. The van der Waals surface area contributed by atoms with E-state index in [1.54, 1.807) is 0 Å². The van der Waals surface area contributed by atoms with Crippen LogP contribution >= 0.6 is 0 Å². The average molecular weight is 393 g/mol. The molecule has 1 aliphatic rings. The number of methoxy groups -OCH3 is 1. The SMILES string of the molecule is COC[C@H](NC(=O)[C@@H](N)CC(=O)O)C(=O)NC1C(C)(C)S(=O)(=O)C1(C)C. The summed E-state index contributed by atoms with van der Waals surface area (Å²) in [7, 11) is -2.11. The lowest BCUT2D eigenvalue weighted by Gasteiger charge is -2.56. The van der Waals surface area contributed by atoms with E-state index in [1.165, 1.54) is 34.8 Å². The highest BCUT2D eigenvalue weighted by atomic mass is 32.2. The number of nitrogens with two attached hydrogens (primary N) is 1. The van der Waals surface area contributed by atoms with Gasteiger partial charge in [0.05, 0.1) is 34.6 Å². The van der Waals surface area contributed by atoms with Crippen molar-refractivity contribution in [1.29, 1.82) is 0 Å². The maximum Gasteiger partial charge on any atom is 0.305 e. The second kappa shape index (κ2) is 7.49. The van der Waals surface area contributed by atoms with Crippen LogP contribution in [-0.4, -0.2) is 72.6 Å². The zero-order valence-electron chi connectivity index (χ0n) is 15.5. The molecule has 11 heteroatoms. The monoisotopic (exact) mass is 393 g/mol. The number of sulfone groups is 1. The van der Waals surface area contributed by atoms with Gasteiger partial charge in [-0.25, -0.2) is 8.42 Å². The molecule has 150 valence electrons. The predicted octanol–water partition coefficient (Wildman–Crippen LogP) is -1.61. The Hall–Kier alpha value is -1.72. The van der Waals surface area contributed by atoms with Crippen molar-refractivity contribution in [3.63, 3.8) is 0 Å². The minimum absolute atomic E-state index is 0.183. The second-order valence-electron chi connectivity index (χ2n) is 7.37. The fourth-order valence-corrected chi connectivity index (χ4v) is 5.76. The molecule has 2 amide bonds. The van der Waals surface area contributed by atoms with Crippen molar-refractivity contribution in [2.45, 2.75) is 61.7 Å². The molecule has 1 rings (SSSR count). The van der Waals surface area contributed by atoms with Crippen molar-refractivity contribution >= 4 is 27.6 Å². The number of nitrogens with one attached hydrogen (secondary N) is 2. The third-order valence-corrected chi connectivity index (χ3v) is 8.00. The van der Waals surface area contributed by atoms with Crippen LogP contribution in [0.5, 0.6) is 0 Å². The number of hydrogen-bond donors (Lipinski definition) is 4. The predicted molar refractivity (Wildman–Crippen MR) is 93.0 cm³/mol. The van der Waals surface area contributed by atoms with Crippen LogP contribution in [0, 0.1) is 0 Å². The third-order valence-electron chi connectivity index (χ3n) is 4.76. The zero-order valence-corrected chi connectivity index (χ0v) is 16.3. The quantitative estimate of drug-likeness (QED) is 0.382. The molecule has 1 aliphatic heterocycles. The van der Waals surface area contributed by atoms with Crippen LogP contribution in [-0.2, 0) is 29.0 Å². The molecule has 2 atom stereocenters. The Kier molecular flexibility index (Phi) is 6.43. The number of hydrogen-bond acceptors (Lipinski definition) is 7. The summed E-state index contributed by atoms with van der Waals surface area (Å²) in [5, 5.41) is 13.7. The molecule has 0 aromatic heterocycles. The topological polar surface area (TPSA) is 165 Å². The first-order valence-electron chi connectivity index (χ1n) is 8.01. The number of carbonyl (C=O) groups excluding carboxylic acids is 2. The Bertz CT molecular complexity index is 665. The van der Waals surface area contributed by atoms with E-state index in [0.29, 0.717) is 0 Å². The maximum atomic E-state index is 12.5. The van der Waals surface area contributed by atoms with Crippen molar-refractivity contribution < 1.29 is 32.6 Å². The van der Waals surface area contributed by atoms with Crippen LogP contribution < -0.4 is 16.4 Å². The Balaban J connectivity index is 2.87. The summed E-state index contributed by atoms with van der Waals surface area (Å²) in [5.41, 5.74) is 5.48. The van der Waals surface area contributed by atoms with Crippen molar-refractivity contribution in [1.82, 2.24) is 10.6 Å². The number of carboxylic acid groups (broad SMARTS) is 1. The van der Waals surface area contributed by atoms with Gasteiger partial charge >= 0.3 is 5.97 Å². The van der Waals surface area contributed by atoms with Crippen molar-refractivity contribution in [2.24, 2.45) is 5.73 Å². The molecule has 1 heterocycles. The lowest BCUT2D eigenvalue weighted by molar-refractivity contribution is -0.139. The van der Waals surface area contributed by atoms with Gasteiger partial charge < -0.3 is 26.2 Å². The molecule has 0 spiro atoms. The van der Waals surface area contributed by atoms with Gasteiger partial charge in [-0.3, -0.25) is 14.4 Å². The van der Waals surface area contributed by atoms with E-state index in [4.69, 9.17) is 15.6 Å². The smallest absolute Gasteiger partial charge is 0.305 e. The summed E-state index contributed by atoms with van der Waals surface area (Å²) in [6.45, 7) is 5.89. The standard InChI is InChI=1S/C15H27N3O7S/c1-14(2)13(15(3,4)26(14,23)24)18-12(22)9(7-25-5)17-11(21)8(16)6-10(19)20/h8-9,13H,6-7,16H2,1-5H3,(H,17,21)(H,18,22)(H,19,20)/t8-,9-/m0/s1. The Labute approximate surface area is 152 Å². The van der Waals surface area contributed by atoms with Gasteiger partial charge in [-0.2, -0.15) is 0 Å². The number of rotatable bonds is 8. The summed E-state index contributed by atoms with van der Waals surface area (Å²) < 4.78 is 27.3. The Morgan fingerprint density at radius 2 is 1.65 bits per heavy atom. The van der Waals surface area contributed by atoms with Crippen LogP contribution in [0.4, 0.5) is 0 Å². The minimum atomic E-state index is -3.44. The Morgan fingerprint density at radius 1 is 1.15 bits per heavy atom. The number of ether oxygens (including phenoxy) is 1. The number of amides is 2. The highest BCUT2D eigenvalue weighted by Crippen LogP contribution is 2.48. The third kappa shape index (κ3) is 3.84. The molecule has 10 nitrogen and oxygen atoms in total. The molecule has 0 aromatic rings. The Morgan fingerprint density at radius 3 is 2.08 bits per heavy atom. The van der Waals surface area contributed by atoms with Gasteiger partial charge in [-0.15, -0.1) is 0 Å². The van der Waals surface area contributed by atoms with Gasteiger partial charge in [-0.1, -0.05) is 0 Å². The normalized spacial score (nSPS) is 22.5. The summed E-state index contributed by atoms with van der Waals surface area (Å²) in [6, 6.07) is -3.13. The van der Waals surface area contributed by atoms with E-state index in [-0.39, 0.29) is 6.61 Å². The van der Waals surface area contributed by atoms with E-state index < -0.39 is 61.7 Å². The second-order valence-corrected chi connectivity index (χ2v) is 10.5. The fraction of sp³-hybridized carbons (Fsp3) is 0.800. The van der Waals surface area contributed by atoms with E-state index >= 15 is 0 Å². The van der Waals surface area contributed by atoms with Crippen LogP contribution in [0.25, 0.3) is 0 Å². The molecule has 0 unspecified atom stereocenters. The van der Waals surface area contributed by atoms with Gasteiger partial charge in [0.25, 0.3) is 0 Å². The number of carbonyl (C=O) groups is 3. The minimum Gasteiger partial charge on any atom is -0.481 e. The first-order valence-corrected chi connectivity index (χ1v) is 9.49. The molecule has 1 saturated heterocycles. The first kappa shape index (κ1) is 22.3. The highest BCUT2D eigenvalue weighted by Gasteiger charge is 2.67. The van der Waals surface area contributed by atoms with E-state index in [2.05, 4.69) is 10.6 Å². The lowest BCUT2D eigenvalue weighted by Crippen LogP contribution is -2.78. The van der Waals surface area contributed by atoms with Crippen LogP contribution in [0.2, 0.25) is 0 Å². The molecular weight excluding hydrogens is 366 g/mol. The summed E-state index contributed by atoms with van der Waals surface area (Å²) in [5.74, 6) is -2.70. The van der Waals surface area contributed by atoms with E-state index in [0.717, 1.165) is 0 Å². The van der Waals surface area contributed by atoms with Crippen molar-refractivity contribution in [2.75, 3.05) is 13.7 Å². The molecule has 5 N–H and O–H groups in total. The van der Waals surface area contributed by atoms with Crippen molar-refractivity contribution in [3.05, 3.63) is 0 Å². The first-order chi connectivity index (χ1) is 11.7. The molecule has 0 radical (unpaired) electrons. The molecule has 0 aliphatic carbocycles. The largest absolute Gasteiger partial charge is 0.481 e. The molecule has 1 fully saturated rings. The summed E-state index contributed by atoms with van der Waals surface area (Å²) in [4.78, 5) is 35.1. The van der Waals surface area contributed by atoms with E-state index in [9.17, 15) is 22.8 Å². The molecule has 0 saturated carbocycles. The van der Waals surface area contributed by atoms with Crippen molar-refractivity contribution in [3.8, 4) is 0 Å². The van der Waals surface area contributed by atoms with E-state index in [1.807, 2.05) is 0 Å². The van der Waals surface area contributed by atoms with Crippen LogP contribution in [0.3, 0.4) is 0 Å². The molecule has 0 bridgehead atoms. The maximum absolute atomic E-state index is 12.5. The van der Waals surface area contributed by atoms with Gasteiger partial charge in [0.2, 0.25) is 11.8 Å². The summed E-state index contributed by atoms with van der Waals surface area (Å²) >= 11 is 0.